The average molecular weight is 359 g/mol. The van der Waals surface area contributed by atoms with Crippen LogP contribution >= 0.6 is 31.9 Å². The van der Waals surface area contributed by atoms with Gasteiger partial charge in [-0.05, 0) is 40.5 Å². The number of halogens is 2. The molecule has 0 fully saturated rings. The molecule has 0 bridgehead atoms. The Morgan fingerprint density at radius 1 is 1.29 bits per heavy atom. The number of aromatic nitrogens is 2. The molecule has 1 heterocycles. The van der Waals surface area contributed by atoms with Crippen LogP contribution in [-0.2, 0) is 6.54 Å². The molecule has 2 rings (SSSR count). The molecule has 1 atom stereocenters. The van der Waals surface area contributed by atoms with Crippen molar-refractivity contribution in [1.29, 1.82) is 0 Å². The van der Waals surface area contributed by atoms with Crippen LogP contribution in [0.1, 0.15) is 24.2 Å². The summed E-state index contributed by atoms with van der Waals surface area (Å²) in [6, 6.07) is 7.87. The highest BCUT2D eigenvalue weighted by molar-refractivity contribution is 9.10. The third-order valence-electron chi connectivity index (χ3n) is 2.66. The lowest BCUT2D eigenvalue weighted by atomic mass is 10.1. The van der Waals surface area contributed by atoms with Gasteiger partial charge < -0.3 is 5.73 Å². The zero-order valence-electron chi connectivity index (χ0n) is 9.40. The number of benzene rings is 1. The first-order valence-corrected chi connectivity index (χ1v) is 6.94. The Balaban J connectivity index is 2.39. The summed E-state index contributed by atoms with van der Waals surface area (Å²) < 4.78 is 3.92. The number of hydrogen-bond donors (Lipinski definition) is 1. The maximum absolute atomic E-state index is 6.28. The molecule has 2 N–H and O–H groups in total. The second kappa shape index (κ2) is 5.33. The van der Waals surface area contributed by atoms with Crippen LogP contribution in [0.4, 0.5) is 0 Å². The smallest absolute Gasteiger partial charge is 0.0738 e. The van der Waals surface area contributed by atoms with Gasteiger partial charge in [-0.25, -0.2) is 0 Å². The minimum Gasteiger partial charge on any atom is -0.319 e. The lowest BCUT2D eigenvalue weighted by molar-refractivity contribution is 0.599. The fourth-order valence-corrected chi connectivity index (χ4v) is 2.57. The molecule has 90 valence electrons. The van der Waals surface area contributed by atoms with Crippen molar-refractivity contribution in [2.24, 2.45) is 5.73 Å². The lowest BCUT2D eigenvalue weighted by Crippen LogP contribution is -2.17. The van der Waals surface area contributed by atoms with Crippen LogP contribution in [-0.4, -0.2) is 9.78 Å². The van der Waals surface area contributed by atoms with Gasteiger partial charge in [-0.2, -0.15) is 5.10 Å². The van der Waals surface area contributed by atoms with E-state index in [-0.39, 0.29) is 6.04 Å². The molecule has 0 radical (unpaired) electrons. The van der Waals surface area contributed by atoms with E-state index in [2.05, 4.69) is 43.9 Å². The van der Waals surface area contributed by atoms with E-state index < -0.39 is 0 Å². The van der Waals surface area contributed by atoms with Gasteiger partial charge in [-0.3, -0.25) is 4.68 Å². The first-order valence-electron chi connectivity index (χ1n) is 5.35. The summed E-state index contributed by atoms with van der Waals surface area (Å²) >= 11 is 6.92. The summed E-state index contributed by atoms with van der Waals surface area (Å²) in [5, 5.41) is 4.28. The molecule has 1 aromatic carbocycles. The summed E-state index contributed by atoms with van der Waals surface area (Å²) in [7, 11) is 0. The maximum atomic E-state index is 6.28. The van der Waals surface area contributed by atoms with Gasteiger partial charge in [-0.1, -0.05) is 28.1 Å². The fraction of sp³-hybridized carbons (Fsp3) is 0.250. The van der Waals surface area contributed by atoms with Gasteiger partial charge in [0.15, 0.2) is 0 Å². The van der Waals surface area contributed by atoms with E-state index in [0.717, 1.165) is 26.7 Å². The molecule has 0 aliphatic rings. The van der Waals surface area contributed by atoms with E-state index >= 15 is 0 Å². The van der Waals surface area contributed by atoms with Crippen LogP contribution in [0.25, 0.3) is 0 Å². The monoisotopic (exact) mass is 357 g/mol. The number of hydrogen-bond acceptors (Lipinski definition) is 2. The van der Waals surface area contributed by atoms with Crippen molar-refractivity contribution >= 4 is 31.9 Å². The summed E-state index contributed by atoms with van der Waals surface area (Å²) in [4.78, 5) is 0. The van der Waals surface area contributed by atoms with Crippen molar-refractivity contribution in [3.8, 4) is 0 Å². The van der Waals surface area contributed by atoms with Gasteiger partial charge in [0.05, 0.1) is 22.4 Å². The molecule has 0 saturated carbocycles. The van der Waals surface area contributed by atoms with Gasteiger partial charge in [-0.15, -0.1) is 0 Å². The van der Waals surface area contributed by atoms with E-state index in [1.165, 1.54) is 0 Å². The SMILES string of the molecule is CCn1ncc(Br)c1C(N)c1ccc(Br)cc1. The third-order valence-corrected chi connectivity index (χ3v) is 3.80. The number of aryl methyl sites for hydroxylation is 1. The standard InChI is InChI=1S/C12H13Br2N3/c1-2-17-12(10(14)7-16-17)11(15)8-3-5-9(13)6-4-8/h3-7,11H,2,15H2,1H3. The van der Waals surface area contributed by atoms with Gasteiger partial charge >= 0.3 is 0 Å². The fourth-order valence-electron chi connectivity index (χ4n) is 1.76. The Bertz CT molecular complexity index is 505. The van der Waals surface area contributed by atoms with E-state index in [9.17, 15) is 0 Å². The van der Waals surface area contributed by atoms with Crippen molar-refractivity contribution in [2.75, 3.05) is 0 Å². The largest absolute Gasteiger partial charge is 0.319 e. The van der Waals surface area contributed by atoms with E-state index in [0.29, 0.717) is 0 Å². The molecule has 3 nitrogen and oxygen atoms in total. The quantitative estimate of drug-likeness (QED) is 0.912. The summed E-state index contributed by atoms with van der Waals surface area (Å²) in [6.07, 6.45) is 1.79. The van der Waals surface area contributed by atoms with Gasteiger partial charge in [0, 0.05) is 11.0 Å². The molecule has 17 heavy (non-hydrogen) atoms. The molecular weight excluding hydrogens is 346 g/mol. The zero-order chi connectivity index (χ0) is 12.4. The maximum Gasteiger partial charge on any atom is 0.0738 e. The minimum atomic E-state index is -0.167. The van der Waals surface area contributed by atoms with Crippen LogP contribution in [0.15, 0.2) is 39.4 Å². The Morgan fingerprint density at radius 3 is 2.53 bits per heavy atom. The summed E-state index contributed by atoms with van der Waals surface area (Å²) in [5.41, 5.74) is 8.36. The third kappa shape index (κ3) is 2.61. The van der Waals surface area contributed by atoms with Crippen molar-refractivity contribution in [3.05, 3.63) is 50.7 Å². The molecule has 0 aliphatic carbocycles. The second-order valence-corrected chi connectivity index (χ2v) is 5.49. The van der Waals surface area contributed by atoms with E-state index in [1.54, 1.807) is 6.20 Å². The summed E-state index contributed by atoms with van der Waals surface area (Å²) in [5.74, 6) is 0. The number of nitrogens with zero attached hydrogens (tertiary/aromatic N) is 2. The Kier molecular flexibility index (Phi) is 4.01. The molecule has 0 saturated heterocycles. The Hall–Kier alpha value is -0.650. The Morgan fingerprint density at radius 2 is 1.94 bits per heavy atom. The first kappa shape index (κ1) is 12.8. The van der Waals surface area contributed by atoms with Crippen LogP contribution in [0.2, 0.25) is 0 Å². The molecule has 5 heteroatoms. The molecular formula is C12H13Br2N3. The molecule has 0 amide bonds. The number of rotatable bonds is 3. The van der Waals surface area contributed by atoms with Crippen molar-refractivity contribution in [2.45, 2.75) is 19.5 Å². The van der Waals surface area contributed by atoms with Crippen LogP contribution in [0, 0.1) is 0 Å². The molecule has 2 aromatic rings. The summed E-state index contributed by atoms with van der Waals surface area (Å²) in [6.45, 7) is 2.86. The van der Waals surface area contributed by atoms with Crippen molar-refractivity contribution in [3.63, 3.8) is 0 Å². The predicted octanol–water partition coefficient (Wildman–Crippen LogP) is 3.48. The van der Waals surface area contributed by atoms with Crippen LogP contribution < -0.4 is 5.73 Å². The average Bonchev–Trinajstić information content (AvgIpc) is 2.70. The number of nitrogens with two attached hydrogens (primary N) is 1. The van der Waals surface area contributed by atoms with E-state index in [4.69, 9.17) is 5.73 Å². The Labute approximate surface area is 117 Å². The van der Waals surface area contributed by atoms with Crippen LogP contribution in [0.5, 0.6) is 0 Å². The normalized spacial score (nSPS) is 12.7. The van der Waals surface area contributed by atoms with Gasteiger partial charge in [0.2, 0.25) is 0 Å². The minimum absolute atomic E-state index is 0.167. The predicted molar refractivity (Wildman–Crippen MR) is 75.8 cm³/mol. The van der Waals surface area contributed by atoms with E-state index in [1.807, 2.05) is 28.9 Å². The molecule has 0 aliphatic heterocycles. The second-order valence-electron chi connectivity index (χ2n) is 3.72. The lowest BCUT2D eigenvalue weighted by Gasteiger charge is -2.14. The molecule has 1 unspecified atom stereocenters. The highest BCUT2D eigenvalue weighted by Crippen LogP contribution is 2.27. The van der Waals surface area contributed by atoms with Gasteiger partial charge in [0.25, 0.3) is 0 Å². The zero-order valence-corrected chi connectivity index (χ0v) is 12.6. The highest BCUT2D eigenvalue weighted by Gasteiger charge is 2.17. The molecule has 0 spiro atoms. The topological polar surface area (TPSA) is 43.8 Å². The molecule has 1 aromatic heterocycles. The van der Waals surface area contributed by atoms with Crippen molar-refractivity contribution < 1.29 is 0 Å². The van der Waals surface area contributed by atoms with Crippen molar-refractivity contribution in [1.82, 2.24) is 9.78 Å². The highest BCUT2D eigenvalue weighted by atomic mass is 79.9. The van der Waals surface area contributed by atoms with Gasteiger partial charge in [0.1, 0.15) is 0 Å². The first-order chi connectivity index (χ1) is 8.13. The van der Waals surface area contributed by atoms with Crippen LogP contribution in [0.3, 0.4) is 0 Å².